The van der Waals surface area contributed by atoms with Gasteiger partial charge >= 0.3 is 6.09 Å². The first-order valence-corrected chi connectivity index (χ1v) is 9.37. The normalized spacial score (nSPS) is 23.1. The highest BCUT2D eigenvalue weighted by atomic mass is 19.1. The van der Waals surface area contributed by atoms with Crippen LogP contribution in [0.2, 0.25) is 0 Å². The van der Waals surface area contributed by atoms with Gasteiger partial charge in [0, 0.05) is 38.3 Å². The van der Waals surface area contributed by atoms with Gasteiger partial charge in [0.1, 0.15) is 17.5 Å². The van der Waals surface area contributed by atoms with Gasteiger partial charge in [-0.15, -0.1) is 0 Å². The average molecular weight is 401 g/mol. The van der Waals surface area contributed by atoms with Gasteiger partial charge in [0.05, 0.1) is 18.8 Å². The van der Waals surface area contributed by atoms with Crippen LogP contribution < -0.4 is 15.0 Å². The molecule has 28 heavy (non-hydrogen) atoms. The highest BCUT2D eigenvalue weighted by Crippen LogP contribution is 2.31. The molecule has 1 N–H and O–H groups in total. The Balaban J connectivity index is 1.71. The SMILES string of the molecule is CC(C)(C)OC(=O)N1CC(F)C(Oc2cc(N3CCNCC3)c(F)cc2F)C1. The summed E-state index contributed by atoms with van der Waals surface area (Å²) in [4.78, 5) is 15.1. The number of carbonyl (C=O) groups is 1. The maximum Gasteiger partial charge on any atom is 0.410 e. The van der Waals surface area contributed by atoms with Crippen molar-refractivity contribution >= 4 is 11.8 Å². The van der Waals surface area contributed by atoms with Crippen molar-refractivity contribution in [1.29, 1.82) is 0 Å². The first kappa shape index (κ1) is 20.6. The van der Waals surface area contributed by atoms with Crippen LogP contribution in [0, 0.1) is 11.6 Å². The zero-order valence-corrected chi connectivity index (χ0v) is 16.3. The molecule has 2 aliphatic rings. The number of hydrogen-bond acceptors (Lipinski definition) is 5. The molecule has 3 rings (SSSR count). The Morgan fingerprint density at radius 2 is 1.82 bits per heavy atom. The van der Waals surface area contributed by atoms with E-state index in [1.165, 1.54) is 11.0 Å². The molecular weight excluding hydrogens is 375 g/mol. The minimum Gasteiger partial charge on any atom is -0.482 e. The van der Waals surface area contributed by atoms with Crippen LogP contribution in [0.5, 0.6) is 5.75 Å². The van der Waals surface area contributed by atoms with Crippen LogP contribution in [0.3, 0.4) is 0 Å². The Morgan fingerprint density at radius 3 is 2.46 bits per heavy atom. The van der Waals surface area contributed by atoms with Crippen molar-refractivity contribution < 1.29 is 27.4 Å². The molecule has 0 aliphatic carbocycles. The van der Waals surface area contributed by atoms with Crippen molar-refractivity contribution in [3.05, 3.63) is 23.8 Å². The van der Waals surface area contributed by atoms with Gasteiger partial charge in [0.2, 0.25) is 0 Å². The maximum atomic E-state index is 14.4. The lowest BCUT2D eigenvalue weighted by atomic mass is 10.2. The molecule has 2 heterocycles. The molecule has 2 aliphatic heterocycles. The van der Waals surface area contributed by atoms with Crippen LogP contribution >= 0.6 is 0 Å². The van der Waals surface area contributed by atoms with E-state index in [0.29, 0.717) is 26.2 Å². The summed E-state index contributed by atoms with van der Waals surface area (Å²) in [5, 5.41) is 3.16. The number of alkyl halides is 1. The number of hydrogen-bond donors (Lipinski definition) is 1. The zero-order chi connectivity index (χ0) is 20.5. The van der Waals surface area contributed by atoms with E-state index in [1.54, 1.807) is 25.7 Å². The fourth-order valence-electron chi connectivity index (χ4n) is 3.24. The molecule has 0 saturated carbocycles. The molecule has 0 bridgehead atoms. The van der Waals surface area contributed by atoms with E-state index >= 15 is 0 Å². The van der Waals surface area contributed by atoms with E-state index < -0.39 is 35.6 Å². The predicted molar refractivity (Wildman–Crippen MR) is 98.6 cm³/mol. The van der Waals surface area contributed by atoms with E-state index in [9.17, 15) is 18.0 Å². The summed E-state index contributed by atoms with van der Waals surface area (Å²) in [6.07, 6.45) is -3.20. The van der Waals surface area contributed by atoms with Crippen molar-refractivity contribution in [2.45, 2.75) is 38.6 Å². The number of carbonyl (C=O) groups excluding carboxylic acids is 1. The number of piperazine rings is 1. The number of anilines is 1. The number of amides is 1. The third-order valence-corrected chi connectivity index (χ3v) is 4.59. The lowest BCUT2D eigenvalue weighted by Crippen LogP contribution is -2.44. The van der Waals surface area contributed by atoms with Crippen LogP contribution in [-0.2, 0) is 4.74 Å². The van der Waals surface area contributed by atoms with Gasteiger partial charge < -0.3 is 24.6 Å². The molecule has 2 unspecified atom stereocenters. The first-order valence-electron chi connectivity index (χ1n) is 9.37. The minimum absolute atomic E-state index is 0.0735. The highest BCUT2D eigenvalue weighted by molar-refractivity contribution is 5.68. The second-order valence-electron chi connectivity index (χ2n) is 8.03. The van der Waals surface area contributed by atoms with E-state index in [0.717, 1.165) is 6.07 Å². The molecule has 6 nitrogen and oxygen atoms in total. The largest absolute Gasteiger partial charge is 0.482 e. The van der Waals surface area contributed by atoms with Crippen LogP contribution in [0.4, 0.5) is 23.7 Å². The van der Waals surface area contributed by atoms with Gasteiger partial charge in [-0.2, -0.15) is 0 Å². The number of benzene rings is 1. The molecule has 2 fully saturated rings. The third-order valence-electron chi connectivity index (χ3n) is 4.59. The molecule has 0 aromatic heterocycles. The van der Waals surface area contributed by atoms with Crippen molar-refractivity contribution in [1.82, 2.24) is 10.2 Å². The zero-order valence-electron chi connectivity index (χ0n) is 16.3. The monoisotopic (exact) mass is 401 g/mol. The van der Waals surface area contributed by atoms with Crippen molar-refractivity contribution in [2.75, 3.05) is 44.2 Å². The fourth-order valence-corrected chi connectivity index (χ4v) is 3.24. The molecule has 156 valence electrons. The van der Waals surface area contributed by atoms with Gasteiger partial charge in [-0.05, 0) is 20.8 Å². The van der Waals surface area contributed by atoms with Crippen molar-refractivity contribution in [2.24, 2.45) is 0 Å². The lowest BCUT2D eigenvalue weighted by Gasteiger charge is -2.30. The Hall–Kier alpha value is -2.16. The van der Waals surface area contributed by atoms with Gasteiger partial charge in [-0.3, -0.25) is 0 Å². The number of likely N-dealkylation sites (tertiary alicyclic amines) is 1. The molecule has 2 atom stereocenters. The maximum absolute atomic E-state index is 14.4. The number of halogens is 3. The second kappa shape index (κ2) is 8.06. The predicted octanol–water partition coefficient (Wildman–Crippen LogP) is 2.71. The Labute approximate surface area is 162 Å². The summed E-state index contributed by atoms with van der Waals surface area (Å²) < 4.78 is 53.6. The Morgan fingerprint density at radius 1 is 1.14 bits per heavy atom. The van der Waals surface area contributed by atoms with E-state index in [2.05, 4.69) is 5.32 Å². The molecular formula is C19H26F3N3O3. The first-order chi connectivity index (χ1) is 13.1. The summed E-state index contributed by atoms with van der Waals surface area (Å²) in [6, 6.07) is 2.01. The van der Waals surface area contributed by atoms with Gasteiger partial charge in [0.15, 0.2) is 17.7 Å². The summed E-state index contributed by atoms with van der Waals surface area (Å²) in [5.74, 6) is -1.82. The Bertz CT molecular complexity index is 720. The second-order valence-corrected chi connectivity index (χ2v) is 8.03. The number of nitrogens with one attached hydrogen (secondary N) is 1. The molecule has 1 amide bonds. The fraction of sp³-hybridized carbons (Fsp3) is 0.632. The number of ether oxygens (including phenoxy) is 2. The molecule has 9 heteroatoms. The standard InChI is InChI=1S/C19H26F3N3O3/c1-19(2,3)28-18(26)25-10-14(22)17(11-25)27-16-9-15(12(20)8-13(16)21)24-6-4-23-5-7-24/h8-9,14,17,23H,4-7,10-11H2,1-3H3. The van der Waals surface area contributed by atoms with Crippen molar-refractivity contribution in [3.8, 4) is 5.75 Å². The molecule has 0 spiro atoms. The molecule has 1 aromatic carbocycles. The third kappa shape index (κ3) is 4.81. The lowest BCUT2D eigenvalue weighted by molar-refractivity contribution is 0.0273. The van der Waals surface area contributed by atoms with Crippen LogP contribution in [0.1, 0.15) is 20.8 Å². The van der Waals surface area contributed by atoms with Crippen LogP contribution in [0.15, 0.2) is 12.1 Å². The van der Waals surface area contributed by atoms with E-state index in [1.807, 2.05) is 0 Å². The van der Waals surface area contributed by atoms with E-state index in [-0.39, 0.29) is 24.5 Å². The summed E-state index contributed by atoms with van der Waals surface area (Å²) in [5.41, 5.74) is -0.487. The minimum atomic E-state index is -1.50. The summed E-state index contributed by atoms with van der Waals surface area (Å²) in [7, 11) is 0. The number of rotatable bonds is 3. The van der Waals surface area contributed by atoms with E-state index in [4.69, 9.17) is 9.47 Å². The molecule has 1 aromatic rings. The van der Waals surface area contributed by atoms with Gasteiger partial charge in [-0.25, -0.2) is 18.0 Å². The topological polar surface area (TPSA) is 54.0 Å². The van der Waals surface area contributed by atoms with Crippen LogP contribution in [0.25, 0.3) is 0 Å². The molecule has 0 radical (unpaired) electrons. The average Bonchev–Trinajstić information content (AvgIpc) is 2.97. The Kier molecular flexibility index (Phi) is 5.92. The molecule has 2 saturated heterocycles. The smallest absolute Gasteiger partial charge is 0.410 e. The van der Waals surface area contributed by atoms with Crippen molar-refractivity contribution in [3.63, 3.8) is 0 Å². The number of nitrogens with zero attached hydrogens (tertiary/aromatic N) is 2. The highest BCUT2D eigenvalue weighted by Gasteiger charge is 2.39. The quantitative estimate of drug-likeness (QED) is 0.844. The van der Waals surface area contributed by atoms with Crippen LogP contribution in [-0.4, -0.2) is 68.1 Å². The summed E-state index contributed by atoms with van der Waals surface area (Å²) >= 11 is 0. The summed E-state index contributed by atoms with van der Waals surface area (Å²) in [6.45, 7) is 7.39. The van der Waals surface area contributed by atoms with Gasteiger partial charge in [0.25, 0.3) is 0 Å². The van der Waals surface area contributed by atoms with Gasteiger partial charge in [-0.1, -0.05) is 0 Å².